The number of benzene rings is 1. The Morgan fingerprint density at radius 1 is 1.21 bits per heavy atom. The second-order valence-electron chi connectivity index (χ2n) is 4.39. The molecule has 102 valence electrons. The number of rotatable bonds is 5. The summed E-state index contributed by atoms with van der Waals surface area (Å²) in [6, 6.07) is 6.53. The smallest absolute Gasteiger partial charge is 0.213 e. The van der Waals surface area contributed by atoms with E-state index in [-0.39, 0.29) is 25.5 Å². The van der Waals surface area contributed by atoms with E-state index in [9.17, 15) is 4.39 Å². The fraction of sp³-hybridized carbons (Fsp3) is 0.357. The largest absolute Gasteiger partial charge is 0.481 e. The Labute approximate surface area is 110 Å². The lowest BCUT2D eigenvalue weighted by Gasteiger charge is -2.13. The van der Waals surface area contributed by atoms with E-state index in [1.165, 1.54) is 13.2 Å². The van der Waals surface area contributed by atoms with Crippen LogP contribution in [0.1, 0.15) is 5.56 Å². The van der Waals surface area contributed by atoms with Crippen LogP contribution in [0.15, 0.2) is 24.3 Å². The fourth-order valence-corrected chi connectivity index (χ4v) is 1.99. The average molecular weight is 265 g/mol. The molecule has 0 spiro atoms. The molecule has 0 fully saturated rings. The van der Waals surface area contributed by atoms with Gasteiger partial charge in [-0.15, -0.1) is 0 Å². The molecule has 0 unspecified atom stereocenters. The van der Waals surface area contributed by atoms with E-state index in [0.29, 0.717) is 17.0 Å². The van der Waals surface area contributed by atoms with Gasteiger partial charge in [-0.3, -0.25) is 0 Å². The van der Waals surface area contributed by atoms with E-state index in [1.54, 1.807) is 18.2 Å². The van der Waals surface area contributed by atoms with Gasteiger partial charge in [-0.25, -0.2) is 9.37 Å². The molecular formula is C14H16FNO3. The van der Waals surface area contributed by atoms with E-state index < -0.39 is 5.92 Å². The number of aromatic nitrogens is 1. The van der Waals surface area contributed by atoms with Crippen LogP contribution in [0, 0.1) is 11.7 Å². The summed E-state index contributed by atoms with van der Waals surface area (Å²) in [5.74, 6) is -0.378. The predicted octanol–water partition coefficient (Wildman–Crippen LogP) is 1.53. The highest BCUT2D eigenvalue weighted by atomic mass is 19.1. The van der Waals surface area contributed by atoms with Gasteiger partial charge in [-0.1, -0.05) is 0 Å². The molecule has 19 heavy (non-hydrogen) atoms. The van der Waals surface area contributed by atoms with Crippen LogP contribution in [0.2, 0.25) is 0 Å². The molecule has 0 radical (unpaired) electrons. The third-order valence-corrected chi connectivity index (χ3v) is 3.10. The van der Waals surface area contributed by atoms with Gasteiger partial charge in [0.25, 0.3) is 0 Å². The Morgan fingerprint density at radius 3 is 2.53 bits per heavy atom. The number of nitrogens with zero attached hydrogens (tertiary/aromatic N) is 1. The van der Waals surface area contributed by atoms with E-state index in [2.05, 4.69) is 4.98 Å². The van der Waals surface area contributed by atoms with E-state index in [0.717, 1.165) is 5.39 Å². The zero-order valence-corrected chi connectivity index (χ0v) is 10.6. The standard InChI is InChI=1S/C14H16FNO3/c1-19-13-5-3-10-2-4-12(15)11(14(10)16-13)6-9(7-17)8-18/h2-5,9,17-18H,6-8H2,1H3. The average Bonchev–Trinajstić information content (AvgIpc) is 2.46. The van der Waals surface area contributed by atoms with Gasteiger partial charge in [-0.2, -0.15) is 0 Å². The molecule has 0 aliphatic heterocycles. The molecule has 0 atom stereocenters. The predicted molar refractivity (Wildman–Crippen MR) is 69.6 cm³/mol. The molecule has 2 rings (SSSR count). The number of hydrogen-bond acceptors (Lipinski definition) is 4. The third-order valence-electron chi connectivity index (χ3n) is 3.10. The summed E-state index contributed by atoms with van der Waals surface area (Å²) in [6.45, 7) is -0.396. The van der Waals surface area contributed by atoms with Gasteiger partial charge in [0.15, 0.2) is 0 Å². The summed E-state index contributed by atoms with van der Waals surface area (Å²) < 4.78 is 19.0. The monoisotopic (exact) mass is 265 g/mol. The summed E-state index contributed by atoms with van der Waals surface area (Å²) in [5.41, 5.74) is 0.899. The van der Waals surface area contributed by atoms with Crippen molar-refractivity contribution in [2.45, 2.75) is 6.42 Å². The lowest BCUT2D eigenvalue weighted by molar-refractivity contribution is 0.149. The molecule has 5 heteroatoms. The molecule has 0 saturated heterocycles. The molecule has 1 aromatic carbocycles. The minimum atomic E-state index is -0.395. The maximum Gasteiger partial charge on any atom is 0.213 e. The van der Waals surface area contributed by atoms with Crippen molar-refractivity contribution in [3.05, 3.63) is 35.6 Å². The normalized spacial score (nSPS) is 11.2. The highest BCUT2D eigenvalue weighted by molar-refractivity contribution is 5.82. The van der Waals surface area contributed by atoms with Crippen molar-refractivity contribution >= 4 is 10.9 Å². The number of pyridine rings is 1. The number of aliphatic hydroxyl groups excluding tert-OH is 2. The van der Waals surface area contributed by atoms with Gasteiger partial charge in [-0.05, 0) is 24.6 Å². The highest BCUT2D eigenvalue weighted by Crippen LogP contribution is 2.25. The zero-order chi connectivity index (χ0) is 13.8. The van der Waals surface area contributed by atoms with Gasteiger partial charge in [0.05, 0.1) is 12.6 Å². The molecular weight excluding hydrogens is 249 g/mol. The van der Waals surface area contributed by atoms with Crippen molar-refractivity contribution in [2.24, 2.45) is 5.92 Å². The summed E-state index contributed by atoms with van der Waals surface area (Å²) in [7, 11) is 1.50. The van der Waals surface area contributed by atoms with Crippen molar-refractivity contribution in [3.8, 4) is 5.88 Å². The second kappa shape index (κ2) is 5.95. The fourth-order valence-electron chi connectivity index (χ4n) is 1.99. The summed E-state index contributed by atoms with van der Waals surface area (Å²) >= 11 is 0. The van der Waals surface area contributed by atoms with Crippen molar-refractivity contribution in [2.75, 3.05) is 20.3 Å². The minimum Gasteiger partial charge on any atom is -0.481 e. The lowest BCUT2D eigenvalue weighted by atomic mass is 9.98. The van der Waals surface area contributed by atoms with Crippen molar-refractivity contribution in [1.29, 1.82) is 0 Å². The first-order valence-electron chi connectivity index (χ1n) is 6.03. The molecule has 0 bridgehead atoms. The zero-order valence-electron chi connectivity index (χ0n) is 10.6. The van der Waals surface area contributed by atoms with Crippen LogP contribution in [0.4, 0.5) is 4.39 Å². The van der Waals surface area contributed by atoms with Crippen LogP contribution in [-0.2, 0) is 6.42 Å². The van der Waals surface area contributed by atoms with E-state index in [1.807, 2.05) is 0 Å². The van der Waals surface area contributed by atoms with Gasteiger partial charge in [0.1, 0.15) is 5.82 Å². The molecule has 2 N–H and O–H groups in total. The molecule has 1 aromatic heterocycles. The SMILES string of the molecule is COc1ccc2ccc(F)c(CC(CO)CO)c2n1. The van der Waals surface area contributed by atoms with Crippen LogP contribution in [-0.4, -0.2) is 35.5 Å². The van der Waals surface area contributed by atoms with Crippen LogP contribution in [0.5, 0.6) is 5.88 Å². The van der Waals surface area contributed by atoms with Crippen LogP contribution < -0.4 is 4.74 Å². The first kappa shape index (κ1) is 13.7. The molecule has 0 saturated carbocycles. The lowest BCUT2D eigenvalue weighted by Crippen LogP contribution is -2.15. The number of methoxy groups -OCH3 is 1. The maximum atomic E-state index is 13.9. The molecule has 2 aromatic rings. The third kappa shape index (κ3) is 2.83. The summed E-state index contributed by atoms with van der Waals surface area (Å²) in [6.07, 6.45) is 0.232. The van der Waals surface area contributed by atoms with Gasteiger partial charge >= 0.3 is 0 Å². The Morgan fingerprint density at radius 2 is 1.89 bits per heavy atom. The second-order valence-corrected chi connectivity index (χ2v) is 4.39. The van der Waals surface area contributed by atoms with E-state index in [4.69, 9.17) is 14.9 Å². The Kier molecular flexibility index (Phi) is 4.29. The first-order valence-corrected chi connectivity index (χ1v) is 6.03. The molecule has 1 heterocycles. The molecule has 0 aliphatic carbocycles. The van der Waals surface area contributed by atoms with Crippen LogP contribution >= 0.6 is 0 Å². The van der Waals surface area contributed by atoms with E-state index >= 15 is 0 Å². The minimum absolute atomic E-state index is 0.198. The van der Waals surface area contributed by atoms with Crippen LogP contribution in [0.3, 0.4) is 0 Å². The first-order chi connectivity index (χ1) is 9.19. The van der Waals surface area contributed by atoms with Crippen molar-refractivity contribution in [1.82, 2.24) is 4.98 Å². The summed E-state index contributed by atoms with van der Waals surface area (Å²) in [5, 5.41) is 19.0. The summed E-state index contributed by atoms with van der Waals surface area (Å²) in [4.78, 5) is 4.25. The Balaban J connectivity index is 2.52. The van der Waals surface area contributed by atoms with Gasteiger partial charge in [0, 0.05) is 36.1 Å². The number of hydrogen-bond donors (Lipinski definition) is 2. The van der Waals surface area contributed by atoms with Gasteiger partial charge < -0.3 is 14.9 Å². The highest BCUT2D eigenvalue weighted by Gasteiger charge is 2.15. The number of fused-ring (bicyclic) bond motifs is 1. The number of aliphatic hydroxyl groups is 2. The number of halogens is 1. The van der Waals surface area contributed by atoms with Crippen molar-refractivity contribution in [3.63, 3.8) is 0 Å². The maximum absolute atomic E-state index is 13.9. The van der Waals surface area contributed by atoms with Gasteiger partial charge in [0.2, 0.25) is 5.88 Å². The quantitative estimate of drug-likeness (QED) is 0.860. The van der Waals surface area contributed by atoms with Crippen molar-refractivity contribution < 1.29 is 19.3 Å². The Hall–Kier alpha value is -1.72. The van der Waals surface area contributed by atoms with Crippen LogP contribution in [0.25, 0.3) is 10.9 Å². The topological polar surface area (TPSA) is 62.6 Å². The molecule has 0 aliphatic rings. The molecule has 4 nitrogen and oxygen atoms in total. The number of ether oxygens (including phenoxy) is 1. The molecule has 0 amide bonds. The Bertz CT molecular complexity index is 570.